The smallest absolute Gasteiger partial charge is 0.123 e. The predicted octanol–water partition coefficient (Wildman–Crippen LogP) is 1.40. The SMILES string of the molecule is COCCn1ncc(Cl)c1C(O)C1CCCO1. The fraction of sp³-hybridized carbons (Fsp3) is 0.727. The molecule has 0 amide bonds. The van der Waals surface area contributed by atoms with Gasteiger partial charge in [-0.05, 0) is 12.8 Å². The molecule has 0 bridgehead atoms. The maximum Gasteiger partial charge on any atom is 0.123 e. The van der Waals surface area contributed by atoms with Gasteiger partial charge < -0.3 is 14.6 Å². The zero-order valence-electron chi connectivity index (χ0n) is 9.80. The zero-order chi connectivity index (χ0) is 12.3. The van der Waals surface area contributed by atoms with Gasteiger partial charge in [0.05, 0.1) is 36.2 Å². The van der Waals surface area contributed by atoms with Gasteiger partial charge in [0.2, 0.25) is 0 Å². The van der Waals surface area contributed by atoms with Crippen LogP contribution in [0.2, 0.25) is 5.02 Å². The van der Waals surface area contributed by atoms with Crippen LogP contribution in [0.25, 0.3) is 0 Å². The highest BCUT2D eigenvalue weighted by molar-refractivity contribution is 6.31. The van der Waals surface area contributed by atoms with Crippen LogP contribution in [0.1, 0.15) is 24.6 Å². The van der Waals surface area contributed by atoms with Gasteiger partial charge in [-0.1, -0.05) is 11.6 Å². The van der Waals surface area contributed by atoms with Crippen molar-refractivity contribution in [3.8, 4) is 0 Å². The molecule has 1 aliphatic heterocycles. The number of hydrogen-bond donors (Lipinski definition) is 1. The minimum Gasteiger partial charge on any atom is -0.384 e. The largest absolute Gasteiger partial charge is 0.384 e. The van der Waals surface area contributed by atoms with Crippen LogP contribution < -0.4 is 0 Å². The van der Waals surface area contributed by atoms with Gasteiger partial charge in [0.1, 0.15) is 6.10 Å². The van der Waals surface area contributed by atoms with E-state index < -0.39 is 6.10 Å². The summed E-state index contributed by atoms with van der Waals surface area (Å²) >= 11 is 6.06. The molecule has 0 spiro atoms. The summed E-state index contributed by atoms with van der Waals surface area (Å²) < 4.78 is 12.1. The molecule has 1 aromatic heterocycles. The minimum absolute atomic E-state index is 0.175. The van der Waals surface area contributed by atoms with Gasteiger partial charge in [-0.2, -0.15) is 5.10 Å². The van der Waals surface area contributed by atoms with Crippen LogP contribution in [0.5, 0.6) is 0 Å². The fourth-order valence-corrected chi connectivity index (χ4v) is 2.30. The third kappa shape index (κ3) is 2.80. The number of ether oxygens (including phenoxy) is 2. The molecule has 2 unspecified atom stereocenters. The van der Waals surface area contributed by atoms with E-state index in [4.69, 9.17) is 21.1 Å². The summed E-state index contributed by atoms with van der Waals surface area (Å²) in [5.74, 6) is 0. The summed E-state index contributed by atoms with van der Waals surface area (Å²) in [7, 11) is 1.63. The standard InChI is InChI=1S/C11H17ClN2O3/c1-16-6-4-14-10(8(12)7-13-14)11(15)9-3-2-5-17-9/h7,9,11,15H,2-6H2,1H3. The number of aliphatic hydroxyl groups excluding tert-OH is 1. The van der Waals surface area contributed by atoms with Gasteiger partial charge >= 0.3 is 0 Å². The molecule has 2 heterocycles. The van der Waals surface area contributed by atoms with Gasteiger partial charge in [0.25, 0.3) is 0 Å². The first-order chi connectivity index (χ1) is 8.24. The number of nitrogens with zero attached hydrogens (tertiary/aromatic N) is 2. The van der Waals surface area contributed by atoms with Gasteiger partial charge in [-0.25, -0.2) is 0 Å². The summed E-state index contributed by atoms with van der Waals surface area (Å²) in [6.07, 6.45) is 2.48. The van der Waals surface area contributed by atoms with Crippen LogP contribution in [-0.2, 0) is 16.0 Å². The second-order valence-electron chi connectivity index (χ2n) is 4.09. The molecule has 96 valence electrons. The Morgan fingerprint density at radius 1 is 1.76 bits per heavy atom. The topological polar surface area (TPSA) is 56.5 Å². The van der Waals surface area contributed by atoms with E-state index in [1.807, 2.05) is 0 Å². The van der Waals surface area contributed by atoms with E-state index in [9.17, 15) is 5.11 Å². The molecule has 0 saturated carbocycles. The fourth-order valence-electron chi connectivity index (χ4n) is 2.05. The molecule has 0 aromatic carbocycles. The van der Waals surface area contributed by atoms with Gasteiger partial charge in [0.15, 0.2) is 0 Å². The average molecular weight is 261 g/mol. The first-order valence-electron chi connectivity index (χ1n) is 5.74. The molecule has 1 aliphatic rings. The van der Waals surface area contributed by atoms with Crippen LogP contribution >= 0.6 is 11.6 Å². The molecule has 1 aromatic rings. The highest BCUT2D eigenvalue weighted by Crippen LogP contribution is 2.30. The lowest BCUT2D eigenvalue weighted by molar-refractivity contribution is -0.00740. The summed E-state index contributed by atoms with van der Waals surface area (Å²) in [4.78, 5) is 0. The van der Waals surface area contributed by atoms with Crippen molar-refractivity contribution >= 4 is 11.6 Å². The second-order valence-corrected chi connectivity index (χ2v) is 4.50. The van der Waals surface area contributed by atoms with E-state index in [1.54, 1.807) is 18.0 Å². The molecule has 0 radical (unpaired) electrons. The van der Waals surface area contributed by atoms with Gasteiger partial charge in [-0.3, -0.25) is 4.68 Å². The van der Waals surface area contributed by atoms with Crippen molar-refractivity contribution in [3.63, 3.8) is 0 Å². The van der Waals surface area contributed by atoms with Crippen LogP contribution in [-0.4, -0.2) is 41.3 Å². The number of halogens is 1. The van der Waals surface area contributed by atoms with Gasteiger partial charge in [-0.15, -0.1) is 0 Å². The Balaban J connectivity index is 2.14. The monoisotopic (exact) mass is 260 g/mol. The molecule has 0 aliphatic carbocycles. The van der Waals surface area contributed by atoms with E-state index in [1.165, 1.54) is 0 Å². The Morgan fingerprint density at radius 2 is 2.59 bits per heavy atom. The molecule has 5 nitrogen and oxygen atoms in total. The van der Waals surface area contributed by atoms with E-state index >= 15 is 0 Å². The average Bonchev–Trinajstić information content (AvgIpc) is 2.95. The van der Waals surface area contributed by atoms with E-state index in [0.717, 1.165) is 12.8 Å². The maximum absolute atomic E-state index is 10.3. The van der Waals surface area contributed by atoms with Crippen molar-refractivity contribution in [2.45, 2.75) is 31.6 Å². The van der Waals surface area contributed by atoms with Crippen molar-refractivity contribution < 1.29 is 14.6 Å². The summed E-state index contributed by atoms with van der Waals surface area (Å²) in [5.41, 5.74) is 0.621. The van der Waals surface area contributed by atoms with Crippen LogP contribution in [0.15, 0.2) is 6.20 Å². The van der Waals surface area contributed by atoms with Crippen LogP contribution in [0.4, 0.5) is 0 Å². The number of rotatable bonds is 5. The molecule has 1 N–H and O–H groups in total. The molecule has 2 atom stereocenters. The van der Waals surface area contributed by atoms with Crippen molar-refractivity contribution in [2.75, 3.05) is 20.3 Å². The lowest BCUT2D eigenvalue weighted by Gasteiger charge is -2.19. The lowest BCUT2D eigenvalue weighted by Crippen LogP contribution is -2.22. The molecule has 1 fully saturated rings. The summed E-state index contributed by atoms with van der Waals surface area (Å²) in [6.45, 7) is 1.80. The highest BCUT2D eigenvalue weighted by Gasteiger charge is 2.29. The molecular weight excluding hydrogens is 244 g/mol. The van der Waals surface area contributed by atoms with Crippen molar-refractivity contribution in [3.05, 3.63) is 16.9 Å². The van der Waals surface area contributed by atoms with Crippen molar-refractivity contribution in [2.24, 2.45) is 0 Å². The Morgan fingerprint density at radius 3 is 3.24 bits per heavy atom. The quantitative estimate of drug-likeness (QED) is 0.869. The van der Waals surface area contributed by atoms with Crippen LogP contribution in [0.3, 0.4) is 0 Å². The van der Waals surface area contributed by atoms with E-state index in [2.05, 4.69) is 5.10 Å². The maximum atomic E-state index is 10.3. The summed E-state index contributed by atoms with van der Waals surface area (Å²) in [5, 5.41) is 14.9. The third-order valence-electron chi connectivity index (χ3n) is 2.94. The Labute approximate surface area is 105 Å². The molecule has 2 rings (SSSR count). The first-order valence-corrected chi connectivity index (χ1v) is 6.11. The predicted molar refractivity (Wildman–Crippen MR) is 63.0 cm³/mol. The highest BCUT2D eigenvalue weighted by atomic mass is 35.5. The zero-order valence-corrected chi connectivity index (χ0v) is 10.6. The van der Waals surface area contributed by atoms with Gasteiger partial charge in [0, 0.05) is 13.7 Å². The Hall–Kier alpha value is -0.620. The minimum atomic E-state index is -0.718. The molecule has 17 heavy (non-hydrogen) atoms. The van der Waals surface area contributed by atoms with E-state index in [-0.39, 0.29) is 6.10 Å². The number of methoxy groups -OCH3 is 1. The molecule has 6 heteroatoms. The number of hydrogen-bond acceptors (Lipinski definition) is 4. The lowest BCUT2D eigenvalue weighted by atomic mass is 10.1. The Bertz CT molecular complexity index is 364. The van der Waals surface area contributed by atoms with E-state index in [0.29, 0.717) is 30.5 Å². The second kappa shape index (κ2) is 5.82. The normalized spacial score (nSPS) is 21.9. The summed E-state index contributed by atoms with van der Waals surface area (Å²) in [6, 6.07) is 0. The first kappa shape index (κ1) is 12.8. The van der Waals surface area contributed by atoms with Crippen molar-refractivity contribution in [1.29, 1.82) is 0 Å². The molecular formula is C11H17ClN2O3. The number of aromatic nitrogens is 2. The van der Waals surface area contributed by atoms with Crippen molar-refractivity contribution in [1.82, 2.24) is 9.78 Å². The molecule has 1 saturated heterocycles. The number of aliphatic hydroxyl groups is 1. The van der Waals surface area contributed by atoms with Crippen LogP contribution in [0, 0.1) is 0 Å². The Kier molecular flexibility index (Phi) is 4.39. The third-order valence-corrected chi connectivity index (χ3v) is 3.23.